The van der Waals surface area contributed by atoms with Crippen molar-refractivity contribution in [3.05, 3.63) is 64.6 Å². The van der Waals surface area contributed by atoms with Gasteiger partial charge in [0.15, 0.2) is 9.84 Å². The predicted octanol–water partition coefficient (Wildman–Crippen LogP) is 3.09. The minimum Gasteiger partial charge on any atom is -0.480 e. The highest BCUT2D eigenvalue weighted by Crippen LogP contribution is 2.34. The van der Waals surface area contributed by atoms with Gasteiger partial charge in [0.2, 0.25) is 0 Å². The number of aryl methyl sites for hydroxylation is 1. The van der Waals surface area contributed by atoms with E-state index in [2.05, 4.69) is 0 Å². The molecule has 0 atom stereocenters. The lowest BCUT2D eigenvalue weighted by Gasteiger charge is -2.09. The Hall–Kier alpha value is -2.67. The summed E-state index contributed by atoms with van der Waals surface area (Å²) in [6.45, 7) is 1.55. The maximum absolute atomic E-state index is 13.9. The first kappa shape index (κ1) is 17.7. The Morgan fingerprint density at radius 2 is 2.04 bits per heavy atom. The number of hydrogen-bond acceptors (Lipinski definition) is 3. The summed E-state index contributed by atoms with van der Waals surface area (Å²) in [4.78, 5) is 11.6. The molecule has 0 saturated heterocycles. The Morgan fingerprint density at radius 3 is 2.78 bits per heavy atom. The first-order chi connectivity index (χ1) is 12.8. The summed E-state index contributed by atoms with van der Waals surface area (Å²) in [6.07, 6.45) is 0.806. The Kier molecular flexibility index (Phi) is 4.07. The van der Waals surface area contributed by atoms with Crippen LogP contribution in [0, 0.1) is 12.7 Å². The maximum atomic E-state index is 13.9. The van der Waals surface area contributed by atoms with Crippen molar-refractivity contribution >= 4 is 26.7 Å². The van der Waals surface area contributed by atoms with Gasteiger partial charge in [-0.15, -0.1) is 0 Å². The van der Waals surface area contributed by atoms with Gasteiger partial charge >= 0.3 is 5.97 Å². The molecule has 3 aromatic rings. The van der Waals surface area contributed by atoms with Crippen LogP contribution in [0.2, 0.25) is 0 Å². The molecule has 27 heavy (non-hydrogen) atoms. The Balaban J connectivity index is 1.92. The van der Waals surface area contributed by atoms with E-state index in [-0.39, 0.29) is 12.3 Å². The van der Waals surface area contributed by atoms with Gasteiger partial charge in [0, 0.05) is 23.0 Å². The van der Waals surface area contributed by atoms with Gasteiger partial charge in [-0.2, -0.15) is 0 Å². The van der Waals surface area contributed by atoms with Gasteiger partial charge in [-0.05, 0) is 48.2 Å². The van der Waals surface area contributed by atoms with Crippen LogP contribution in [0.3, 0.4) is 0 Å². The molecule has 2 heterocycles. The van der Waals surface area contributed by atoms with Crippen LogP contribution < -0.4 is 0 Å². The molecular weight excluding hydrogens is 369 g/mol. The van der Waals surface area contributed by atoms with E-state index in [1.165, 1.54) is 12.1 Å². The molecule has 1 aliphatic heterocycles. The Labute approximate surface area is 156 Å². The van der Waals surface area contributed by atoms with Crippen LogP contribution in [0.5, 0.6) is 0 Å². The number of fused-ring (bicyclic) bond motifs is 2. The minimum absolute atomic E-state index is 0.105. The second kappa shape index (κ2) is 6.20. The lowest BCUT2D eigenvalue weighted by molar-refractivity contribution is -0.137. The van der Waals surface area contributed by atoms with Crippen molar-refractivity contribution in [3.63, 3.8) is 0 Å². The third-order valence-electron chi connectivity index (χ3n) is 5.21. The SMILES string of the molecule is Cc1c(Cc2cccc3c2S(=O)(=O)CC3)c2cc(F)ccc2n1CC(=O)O. The smallest absolute Gasteiger partial charge is 0.323 e. The first-order valence-electron chi connectivity index (χ1n) is 8.60. The van der Waals surface area contributed by atoms with Crippen LogP contribution in [0.1, 0.15) is 22.4 Å². The third-order valence-corrected chi connectivity index (χ3v) is 7.09. The normalized spacial score (nSPS) is 15.2. The van der Waals surface area contributed by atoms with Crippen LogP contribution in [0.4, 0.5) is 4.39 Å². The van der Waals surface area contributed by atoms with E-state index in [1.54, 1.807) is 23.6 Å². The number of benzene rings is 2. The quantitative estimate of drug-likeness (QED) is 0.746. The van der Waals surface area contributed by atoms with Crippen molar-refractivity contribution in [2.75, 3.05) is 5.75 Å². The van der Waals surface area contributed by atoms with Crippen LogP contribution in [0.15, 0.2) is 41.3 Å². The molecule has 1 aliphatic rings. The summed E-state index contributed by atoms with van der Waals surface area (Å²) in [6, 6.07) is 9.68. The number of carboxylic acids is 1. The molecule has 0 bridgehead atoms. The van der Waals surface area contributed by atoms with Gasteiger partial charge in [0.25, 0.3) is 0 Å². The van der Waals surface area contributed by atoms with E-state index in [1.807, 2.05) is 12.1 Å². The summed E-state index contributed by atoms with van der Waals surface area (Å²) in [5, 5.41) is 9.84. The van der Waals surface area contributed by atoms with Gasteiger partial charge in [-0.1, -0.05) is 18.2 Å². The summed E-state index contributed by atoms with van der Waals surface area (Å²) in [7, 11) is -3.32. The van der Waals surface area contributed by atoms with E-state index in [4.69, 9.17) is 0 Å². The molecule has 0 radical (unpaired) electrons. The average molecular weight is 387 g/mol. The number of carboxylic acid groups (broad SMARTS) is 1. The molecule has 0 unspecified atom stereocenters. The van der Waals surface area contributed by atoms with Gasteiger partial charge in [0.05, 0.1) is 10.6 Å². The number of carbonyl (C=O) groups is 1. The number of aromatic nitrogens is 1. The van der Waals surface area contributed by atoms with Crippen LogP contribution in [-0.4, -0.2) is 29.8 Å². The summed E-state index contributed by atoms with van der Waals surface area (Å²) in [5.41, 5.74) is 3.56. The summed E-state index contributed by atoms with van der Waals surface area (Å²) < 4.78 is 40.5. The molecule has 0 saturated carbocycles. The standard InChI is InChI=1S/C20H18FNO4S/c1-12-16(9-14-4-2-3-13-7-8-27(25,26)20(13)14)17-10-15(21)5-6-18(17)22(12)11-19(23)24/h2-6,10H,7-9,11H2,1H3,(H,23,24). The molecule has 0 aliphatic carbocycles. The van der Waals surface area contributed by atoms with Crippen molar-refractivity contribution < 1.29 is 22.7 Å². The van der Waals surface area contributed by atoms with Crippen molar-refractivity contribution in [2.24, 2.45) is 0 Å². The molecule has 1 N–H and O–H groups in total. The highest BCUT2D eigenvalue weighted by Gasteiger charge is 2.29. The molecule has 7 heteroatoms. The lowest BCUT2D eigenvalue weighted by atomic mass is 9.99. The summed E-state index contributed by atoms with van der Waals surface area (Å²) in [5.74, 6) is -1.30. The molecule has 4 rings (SSSR count). The molecular formula is C20H18FNO4S. The fourth-order valence-electron chi connectivity index (χ4n) is 4.00. The monoisotopic (exact) mass is 387 g/mol. The average Bonchev–Trinajstić information content (AvgIpc) is 3.04. The lowest BCUT2D eigenvalue weighted by Crippen LogP contribution is -2.10. The van der Waals surface area contributed by atoms with E-state index in [9.17, 15) is 22.7 Å². The number of hydrogen-bond donors (Lipinski definition) is 1. The number of sulfone groups is 1. The topological polar surface area (TPSA) is 76.4 Å². The number of halogens is 1. The number of aliphatic carboxylic acids is 1. The molecule has 5 nitrogen and oxygen atoms in total. The van der Waals surface area contributed by atoms with E-state index in [0.29, 0.717) is 39.9 Å². The molecule has 140 valence electrons. The van der Waals surface area contributed by atoms with Crippen molar-refractivity contribution in [3.8, 4) is 0 Å². The fourth-order valence-corrected chi connectivity index (χ4v) is 5.80. The van der Waals surface area contributed by atoms with Gasteiger partial charge in [0.1, 0.15) is 12.4 Å². The van der Waals surface area contributed by atoms with Gasteiger partial charge in [-0.3, -0.25) is 4.79 Å². The van der Waals surface area contributed by atoms with Crippen LogP contribution in [0.25, 0.3) is 10.9 Å². The third kappa shape index (κ3) is 2.92. The highest BCUT2D eigenvalue weighted by atomic mass is 32.2. The van der Waals surface area contributed by atoms with Gasteiger partial charge < -0.3 is 9.67 Å². The van der Waals surface area contributed by atoms with Crippen LogP contribution in [-0.2, 0) is 34.0 Å². The zero-order chi connectivity index (χ0) is 19.3. The van der Waals surface area contributed by atoms with Gasteiger partial charge in [-0.25, -0.2) is 12.8 Å². The second-order valence-corrected chi connectivity index (χ2v) is 8.90. The number of nitrogens with zero attached hydrogens (tertiary/aromatic N) is 1. The molecule has 2 aromatic carbocycles. The van der Waals surface area contributed by atoms with Crippen molar-refractivity contribution in [2.45, 2.75) is 31.2 Å². The fraction of sp³-hybridized carbons (Fsp3) is 0.250. The highest BCUT2D eigenvalue weighted by molar-refractivity contribution is 7.91. The zero-order valence-electron chi connectivity index (χ0n) is 14.7. The van der Waals surface area contributed by atoms with E-state index >= 15 is 0 Å². The zero-order valence-corrected chi connectivity index (χ0v) is 15.5. The summed E-state index contributed by atoms with van der Waals surface area (Å²) >= 11 is 0. The predicted molar refractivity (Wildman–Crippen MR) is 99.3 cm³/mol. The molecule has 1 aromatic heterocycles. The van der Waals surface area contributed by atoms with Crippen molar-refractivity contribution in [1.29, 1.82) is 0 Å². The largest absolute Gasteiger partial charge is 0.480 e. The van der Waals surface area contributed by atoms with Crippen LogP contribution >= 0.6 is 0 Å². The molecule has 0 fully saturated rings. The Morgan fingerprint density at radius 1 is 1.26 bits per heavy atom. The molecule has 0 amide bonds. The minimum atomic E-state index is -3.32. The Bertz CT molecular complexity index is 1190. The number of rotatable bonds is 4. The van der Waals surface area contributed by atoms with E-state index in [0.717, 1.165) is 11.1 Å². The second-order valence-electron chi connectivity index (χ2n) is 6.86. The maximum Gasteiger partial charge on any atom is 0.323 e. The van der Waals surface area contributed by atoms with Crippen molar-refractivity contribution in [1.82, 2.24) is 4.57 Å². The van der Waals surface area contributed by atoms with E-state index < -0.39 is 21.6 Å². The molecule has 0 spiro atoms. The first-order valence-corrected chi connectivity index (χ1v) is 10.3.